The number of ether oxygens (including phenoxy) is 3. The quantitative estimate of drug-likeness (QED) is 0.373. The van der Waals surface area contributed by atoms with Gasteiger partial charge in [0.25, 0.3) is 5.56 Å². The second kappa shape index (κ2) is 11.9. The Balaban J connectivity index is 1.84. The zero-order valence-electron chi connectivity index (χ0n) is 25.1. The first kappa shape index (κ1) is 31.3. The minimum Gasteiger partial charge on any atom is -0.496 e. The molecule has 1 amide bonds. The van der Waals surface area contributed by atoms with Crippen molar-refractivity contribution in [3.05, 3.63) is 61.6 Å². The maximum Gasteiger partial charge on any atom is 0.407 e. The maximum absolute atomic E-state index is 14.2. The van der Waals surface area contributed by atoms with Crippen LogP contribution >= 0.6 is 11.3 Å². The summed E-state index contributed by atoms with van der Waals surface area (Å²) in [7, 11) is 1.55. The summed E-state index contributed by atoms with van der Waals surface area (Å²) in [6.07, 6.45) is -0.930. The van der Waals surface area contributed by atoms with E-state index < -0.39 is 40.6 Å². The molecule has 0 aliphatic carbocycles. The zero-order valence-corrected chi connectivity index (χ0v) is 25.9. The molecule has 1 aliphatic heterocycles. The average Bonchev–Trinajstić information content (AvgIpc) is 3.31. The lowest BCUT2D eigenvalue weighted by molar-refractivity contribution is -0.164. The molecule has 0 bridgehead atoms. The Hall–Kier alpha value is -3.64. The monoisotopic (exact) mass is 601 g/mol. The van der Waals surface area contributed by atoms with E-state index >= 15 is 0 Å². The smallest absolute Gasteiger partial charge is 0.407 e. The first-order chi connectivity index (χ1) is 19.7. The molecule has 1 saturated heterocycles. The number of likely N-dealkylation sites (tertiary alicyclic amines) is 1. The summed E-state index contributed by atoms with van der Waals surface area (Å²) in [6, 6.07) is 7.35. The lowest BCUT2D eigenvalue weighted by Crippen LogP contribution is -2.54. The number of para-hydroxylation sites is 1. The number of amides is 1. The van der Waals surface area contributed by atoms with Crippen LogP contribution in [0.3, 0.4) is 0 Å². The highest BCUT2D eigenvalue weighted by Crippen LogP contribution is 2.33. The summed E-state index contributed by atoms with van der Waals surface area (Å²) in [4.78, 5) is 54.6. The van der Waals surface area contributed by atoms with Crippen LogP contribution in [0.1, 0.15) is 64.7 Å². The van der Waals surface area contributed by atoms with Gasteiger partial charge in [0.05, 0.1) is 25.1 Å². The second-order valence-electron chi connectivity index (χ2n) is 12.0. The van der Waals surface area contributed by atoms with E-state index in [-0.39, 0.29) is 12.6 Å². The standard InChI is InChI=1S/C30H39N3O8S/c1-18-17-42-25-23(18)24(34)33(30(5,6)26(35)41-29(2,3)4)27(36)32(25)16-22(20-10-8-9-11-21(20)39-7)40-19-12-14-31(15-13-19)28(37)38/h8-11,17,19,22H,12-16H2,1-7H3,(H,37,38). The molecule has 228 valence electrons. The molecule has 11 nitrogen and oxygen atoms in total. The van der Waals surface area contributed by atoms with Gasteiger partial charge in [-0.15, -0.1) is 11.3 Å². The van der Waals surface area contributed by atoms with Crippen molar-refractivity contribution in [1.82, 2.24) is 14.0 Å². The first-order valence-electron chi connectivity index (χ1n) is 13.9. The molecule has 1 fully saturated rings. The Bertz CT molecular complexity index is 1590. The number of fused-ring (bicyclic) bond motifs is 1. The third-order valence-corrected chi connectivity index (χ3v) is 8.52. The topological polar surface area (TPSA) is 129 Å². The van der Waals surface area contributed by atoms with Crippen LogP contribution in [-0.4, -0.2) is 63.1 Å². The lowest BCUT2D eigenvalue weighted by Gasteiger charge is -2.33. The molecule has 3 aromatic rings. The molecule has 0 saturated carbocycles. The van der Waals surface area contributed by atoms with Gasteiger partial charge in [0, 0.05) is 18.7 Å². The largest absolute Gasteiger partial charge is 0.496 e. The summed E-state index contributed by atoms with van der Waals surface area (Å²) < 4.78 is 20.3. The fourth-order valence-corrected chi connectivity index (χ4v) is 6.22. The number of esters is 1. The van der Waals surface area contributed by atoms with E-state index in [0.29, 0.717) is 53.0 Å². The highest BCUT2D eigenvalue weighted by Gasteiger charge is 2.39. The number of carboxylic acid groups (broad SMARTS) is 1. The van der Waals surface area contributed by atoms with Gasteiger partial charge in [0.1, 0.15) is 27.8 Å². The van der Waals surface area contributed by atoms with Crippen LogP contribution < -0.4 is 16.0 Å². The molecule has 42 heavy (non-hydrogen) atoms. The number of nitrogens with zero attached hydrogens (tertiary/aromatic N) is 3. The molecule has 1 unspecified atom stereocenters. The maximum atomic E-state index is 14.2. The summed E-state index contributed by atoms with van der Waals surface area (Å²) in [6.45, 7) is 10.7. The van der Waals surface area contributed by atoms with Crippen molar-refractivity contribution in [2.45, 2.75) is 84.3 Å². The zero-order chi connectivity index (χ0) is 31.0. The number of rotatable bonds is 8. The predicted molar refractivity (Wildman–Crippen MR) is 160 cm³/mol. The van der Waals surface area contributed by atoms with Crippen molar-refractivity contribution in [2.24, 2.45) is 0 Å². The van der Waals surface area contributed by atoms with Crippen LogP contribution in [0.5, 0.6) is 5.75 Å². The van der Waals surface area contributed by atoms with Gasteiger partial charge in [-0.1, -0.05) is 18.2 Å². The van der Waals surface area contributed by atoms with Crippen molar-refractivity contribution >= 4 is 33.6 Å². The van der Waals surface area contributed by atoms with E-state index in [1.54, 1.807) is 40.9 Å². The Morgan fingerprint density at radius 2 is 1.74 bits per heavy atom. The number of carbonyl (C=O) groups is 2. The molecule has 4 rings (SSSR count). The molecular formula is C30H39N3O8S. The number of methoxy groups -OCH3 is 1. The van der Waals surface area contributed by atoms with E-state index in [2.05, 4.69) is 0 Å². The van der Waals surface area contributed by atoms with Crippen LogP contribution in [0, 0.1) is 6.92 Å². The van der Waals surface area contributed by atoms with Crippen molar-refractivity contribution in [1.29, 1.82) is 0 Å². The molecule has 12 heteroatoms. The number of aryl methyl sites for hydroxylation is 1. The van der Waals surface area contributed by atoms with Crippen LogP contribution in [0.25, 0.3) is 10.2 Å². The lowest BCUT2D eigenvalue weighted by atomic mass is 10.0. The van der Waals surface area contributed by atoms with E-state index in [4.69, 9.17) is 14.2 Å². The third-order valence-electron chi connectivity index (χ3n) is 7.40. The molecule has 1 aliphatic rings. The number of carbonyl (C=O) groups excluding carboxylic acids is 1. The van der Waals surface area contributed by atoms with E-state index in [1.165, 1.54) is 34.7 Å². The molecule has 1 aromatic carbocycles. The molecule has 0 radical (unpaired) electrons. The van der Waals surface area contributed by atoms with Crippen molar-refractivity contribution in [3.8, 4) is 5.75 Å². The van der Waals surface area contributed by atoms with Gasteiger partial charge >= 0.3 is 17.8 Å². The number of benzene rings is 1. The Labute approximate surface area is 248 Å². The summed E-state index contributed by atoms with van der Waals surface area (Å²) in [5.74, 6) is -0.129. The van der Waals surface area contributed by atoms with Gasteiger partial charge < -0.3 is 24.2 Å². The summed E-state index contributed by atoms with van der Waals surface area (Å²) in [5, 5.41) is 11.5. The van der Waals surface area contributed by atoms with E-state index in [9.17, 15) is 24.3 Å². The first-order valence-corrected chi connectivity index (χ1v) is 14.8. The van der Waals surface area contributed by atoms with Crippen molar-refractivity contribution in [2.75, 3.05) is 20.2 Å². The molecule has 1 atom stereocenters. The van der Waals surface area contributed by atoms with Crippen molar-refractivity contribution in [3.63, 3.8) is 0 Å². The number of hydrogen-bond acceptors (Lipinski definition) is 8. The van der Waals surface area contributed by atoms with Gasteiger partial charge in [0.15, 0.2) is 0 Å². The summed E-state index contributed by atoms with van der Waals surface area (Å²) >= 11 is 1.28. The fraction of sp³-hybridized carbons (Fsp3) is 0.533. The van der Waals surface area contributed by atoms with Gasteiger partial charge in [-0.25, -0.2) is 19.0 Å². The molecule has 1 N–H and O–H groups in total. The number of thiophene rings is 1. The van der Waals surface area contributed by atoms with Crippen LogP contribution in [-0.2, 0) is 26.4 Å². The second-order valence-corrected chi connectivity index (χ2v) is 12.9. The van der Waals surface area contributed by atoms with Gasteiger partial charge in [-0.2, -0.15) is 0 Å². The Kier molecular flexibility index (Phi) is 8.89. The van der Waals surface area contributed by atoms with Crippen LogP contribution in [0.2, 0.25) is 0 Å². The minimum atomic E-state index is -1.60. The Morgan fingerprint density at radius 1 is 1.10 bits per heavy atom. The fourth-order valence-electron chi connectivity index (χ4n) is 5.17. The number of aromatic nitrogens is 2. The highest BCUT2D eigenvalue weighted by molar-refractivity contribution is 7.17. The number of piperidine rings is 1. The number of hydrogen-bond donors (Lipinski definition) is 1. The normalized spacial score (nSPS) is 15.5. The predicted octanol–water partition coefficient (Wildman–Crippen LogP) is 4.52. The molecule has 0 spiro atoms. The van der Waals surface area contributed by atoms with Crippen LogP contribution in [0.15, 0.2) is 39.2 Å². The van der Waals surface area contributed by atoms with Gasteiger partial charge in [-0.3, -0.25) is 9.36 Å². The summed E-state index contributed by atoms with van der Waals surface area (Å²) in [5.41, 5.74) is -2.24. The molecule has 2 aromatic heterocycles. The van der Waals surface area contributed by atoms with Crippen molar-refractivity contribution < 1.29 is 28.9 Å². The van der Waals surface area contributed by atoms with Gasteiger partial charge in [0.2, 0.25) is 0 Å². The van der Waals surface area contributed by atoms with Gasteiger partial charge in [-0.05, 0) is 71.4 Å². The van der Waals surface area contributed by atoms with Crippen LogP contribution in [0.4, 0.5) is 4.79 Å². The minimum absolute atomic E-state index is 0.0273. The van der Waals surface area contributed by atoms with E-state index in [0.717, 1.165) is 4.57 Å². The molecular weight excluding hydrogens is 562 g/mol. The Morgan fingerprint density at radius 3 is 2.33 bits per heavy atom. The third kappa shape index (κ3) is 6.24. The van der Waals surface area contributed by atoms with E-state index in [1.807, 2.05) is 23.6 Å². The SMILES string of the molecule is COc1ccccc1C(Cn1c(=O)n(C(C)(C)C(=O)OC(C)(C)C)c(=O)c2c(C)csc21)OC1CCN(C(=O)O)CC1. The molecule has 3 heterocycles. The average molecular weight is 602 g/mol. The highest BCUT2D eigenvalue weighted by atomic mass is 32.1.